The molecule has 1 saturated heterocycles. The maximum atomic E-state index is 13.5. The van der Waals surface area contributed by atoms with Crippen LogP contribution in [0.1, 0.15) is 49.9 Å². The van der Waals surface area contributed by atoms with Crippen molar-refractivity contribution in [2.24, 2.45) is 5.92 Å². The molecule has 0 spiro atoms. The van der Waals surface area contributed by atoms with Crippen molar-refractivity contribution in [3.8, 4) is 17.2 Å². The van der Waals surface area contributed by atoms with E-state index >= 15 is 0 Å². The lowest BCUT2D eigenvalue weighted by molar-refractivity contribution is -0.143. The summed E-state index contributed by atoms with van der Waals surface area (Å²) < 4.78 is 16.7. The highest BCUT2D eigenvalue weighted by Gasteiger charge is 2.47. The SMILES string of the molecule is CCCCN(CCCO)C(=O)CN1CC(c2cc(OC)c3c(c2)OCO3)C(C(=O)O)C1CCc1ncccn1. The van der Waals surface area contributed by atoms with Crippen molar-refractivity contribution in [2.75, 3.05) is 46.7 Å². The second-order valence-electron chi connectivity index (χ2n) is 9.94. The number of nitrogens with zero attached hydrogens (tertiary/aromatic N) is 4. The van der Waals surface area contributed by atoms with Crippen molar-refractivity contribution < 1.29 is 34.0 Å². The highest BCUT2D eigenvalue weighted by Crippen LogP contribution is 2.47. The number of aromatic nitrogens is 2. The number of aliphatic hydroxyl groups is 1. The van der Waals surface area contributed by atoms with Crippen LogP contribution in [0.2, 0.25) is 0 Å². The molecule has 39 heavy (non-hydrogen) atoms. The number of aryl methyl sites for hydroxylation is 1. The van der Waals surface area contributed by atoms with Gasteiger partial charge in [-0.05, 0) is 43.0 Å². The number of hydrogen-bond acceptors (Lipinski definition) is 9. The van der Waals surface area contributed by atoms with Gasteiger partial charge in [0, 0.05) is 57.0 Å². The lowest BCUT2D eigenvalue weighted by Crippen LogP contribution is -2.45. The molecule has 0 radical (unpaired) electrons. The van der Waals surface area contributed by atoms with Gasteiger partial charge in [0.2, 0.25) is 18.4 Å². The van der Waals surface area contributed by atoms with E-state index < -0.39 is 23.8 Å². The van der Waals surface area contributed by atoms with Gasteiger partial charge in [-0.3, -0.25) is 14.5 Å². The molecule has 1 aromatic heterocycles. The summed E-state index contributed by atoms with van der Waals surface area (Å²) in [6.45, 7) is 3.70. The normalized spacial score (nSPS) is 20.2. The predicted octanol–water partition coefficient (Wildman–Crippen LogP) is 2.33. The zero-order valence-corrected chi connectivity index (χ0v) is 22.6. The van der Waals surface area contributed by atoms with Gasteiger partial charge in [0.1, 0.15) is 5.82 Å². The molecule has 2 N–H and O–H groups in total. The molecule has 2 aliphatic rings. The Labute approximate surface area is 228 Å². The Balaban J connectivity index is 1.63. The number of ether oxygens (including phenoxy) is 3. The number of aliphatic hydroxyl groups excluding tert-OH is 1. The maximum Gasteiger partial charge on any atom is 0.308 e. The molecule has 0 aliphatic carbocycles. The molecule has 3 atom stereocenters. The molecule has 0 bridgehead atoms. The van der Waals surface area contributed by atoms with Crippen LogP contribution < -0.4 is 14.2 Å². The number of hydrogen-bond donors (Lipinski definition) is 2. The Kier molecular flexibility index (Phi) is 9.94. The van der Waals surface area contributed by atoms with Gasteiger partial charge in [-0.2, -0.15) is 0 Å². The Morgan fingerprint density at radius 1 is 1.18 bits per heavy atom. The highest BCUT2D eigenvalue weighted by atomic mass is 16.7. The summed E-state index contributed by atoms with van der Waals surface area (Å²) in [5, 5.41) is 19.8. The molecule has 1 amide bonds. The van der Waals surface area contributed by atoms with Gasteiger partial charge in [0.25, 0.3) is 0 Å². The Hall–Kier alpha value is -3.44. The van der Waals surface area contributed by atoms with E-state index in [4.69, 9.17) is 14.2 Å². The number of methoxy groups -OCH3 is 1. The van der Waals surface area contributed by atoms with Gasteiger partial charge in [-0.15, -0.1) is 0 Å². The lowest BCUT2D eigenvalue weighted by atomic mass is 9.83. The lowest BCUT2D eigenvalue weighted by Gasteiger charge is -2.29. The molecule has 11 nitrogen and oxygen atoms in total. The largest absolute Gasteiger partial charge is 0.493 e. The quantitative estimate of drug-likeness (QED) is 0.366. The maximum absolute atomic E-state index is 13.5. The van der Waals surface area contributed by atoms with Crippen LogP contribution in [0.15, 0.2) is 30.6 Å². The Bertz CT molecular complexity index is 1110. The van der Waals surface area contributed by atoms with Crippen LogP contribution in [0.3, 0.4) is 0 Å². The Morgan fingerprint density at radius 3 is 2.64 bits per heavy atom. The summed E-state index contributed by atoms with van der Waals surface area (Å²) in [7, 11) is 1.54. The zero-order valence-electron chi connectivity index (χ0n) is 22.6. The molecule has 4 rings (SSSR count). The molecule has 2 aromatic rings. The van der Waals surface area contributed by atoms with Crippen LogP contribution in [0.4, 0.5) is 0 Å². The summed E-state index contributed by atoms with van der Waals surface area (Å²) in [6.07, 6.45) is 6.62. The van der Waals surface area contributed by atoms with E-state index in [0.717, 1.165) is 18.4 Å². The van der Waals surface area contributed by atoms with Crippen LogP contribution in [0.25, 0.3) is 0 Å². The van der Waals surface area contributed by atoms with E-state index in [0.29, 0.717) is 62.0 Å². The van der Waals surface area contributed by atoms with Gasteiger partial charge >= 0.3 is 5.97 Å². The molecule has 0 saturated carbocycles. The second-order valence-corrected chi connectivity index (χ2v) is 9.94. The first-order valence-corrected chi connectivity index (χ1v) is 13.6. The van der Waals surface area contributed by atoms with Crippen LogP contribution in [-0.4, -0.2) is 94.6 Å². The van der Waals surface area contributed by atoms with Crippen molar-refractivity contribution in [1.29, 1.82) is 0 Å². The number of carbonyl (C=O) groups is 2. The van der Waals surface area contributed by atoms with Crippen molar-refractivity contribution in [3.63, 3.8) is 0 Å². The molecule has 1 aromatic carbocycles. The third-order valence-corrected chi connectivity index (χ3v) is 7.48. The Morgan fingerprint density at radius 2 is 1.95 bits per heavy atom. The van der Waals surface area contributed by atoms with E-state index in [1.54, 1.807) is 23.4 Å². The highest BCUT2D eigenvalue weighted by molar-refractivity contribution is 5.79. The van der Waals surface area contributed by atoms with Gasteiger partial charge in [-0.25, -0.2) is 9.97 Å². The van der Waals surface area contributed by atoms with Gasteiger partial charge < -0.3 is 29.3 Å². The van der Waals surface area contributed by atoms with Gasteiger partial charge in [0.15, 0.2) is 11.5 Å². The summed E-state index contributed by atoms with van der Waals surface area (Å²) in [5.74, 6) is -0.00991. The summed E-state index contributed by atoms with van der Waals surface area (Å²) in [4.78, 5) is 38.6. The van der Waals surface area contributed by atoms with Gasteiger partial charge in [-0.1, -0.05) is 13.3 Å². The average Bonchev–Trinajstić information content (AvgIpc) is 3.56. The molecule has 212 valence electrons. The van der Waals surface area contributed by atoms with Crippen LogP contribution in [-0.2, 0) is 16.0 Å². The predicted molar refractivity (Wildman–Crippen MR) is 142 cm³/mol. The van der Waals surface area contributed by atoms with E-state index in [1.807, 2.05) is 17.0 Å². The smallest absolute Gasteiger partial charge is 0.308 e. The number of carboxylic acid groups (broad SMARTS) is 1. The van der Waals surface area contributed by atoms with E-state index in [1.165, 1.54) is 7.11 Å². The van der Waals surface area contributed by atoms with E-state index in [2.05, 4.69) is 16.9 Å². The molecular formula is C28H38N4O7. The minimum Gasteiger partial charge on any atom is -0.493 e. The average molecular weight is 543 g/mol. The molecule has 3 heterocycles. The third-order valence-electron chi connectivity index (χ3n) is 7.48. The monoisotopic (exact) mass is 542 g/mol. The number of rotatable bonds is 14. The number of aliphatic carboxylic acids is 1. The molecular weight excluding hydrogens is 504 g/mol. The summed E-state index contributed by atoms with van der Waals surface area (Å²) in [5.41, 5.74) is 0.766. The number of unbranched alkanes of at least 4 members (excludes halogenated alkanes) is 1. The fourth-order valence-corrected chi connectivity index (χ4v) is 5.54. The van der Waals surface area contributed by atoms with Crippen LogP contribution in [0, 0.1) is 5.92 Å². The minimum absolute atomic E-state index is 0.00836. The topological polar surface area (TPSA) is 135 Å². The van der Waals surface area contributed by atoms with Crippen molar-refractivity contribution in [2.45, 2.75) is 51.0 Å². The molecule has 3 unspecified atom stereocenters. The fourth-order valence-electron chi connectivity index (χ4n) is 5.54. The molecule has 1 fully saturated rings. The molecule has 11 heteroatoms. The first kappa shape index (κ1) is 28.6. The number of likely N-dealkylation sites (tertiary alicyclic amines) is 1. The van der Waals surface area contributed by atoms with Gasteiger partial charge in [0.05, 0.1) is 19.6 Å². The van der Waals surface area contributed by atoms with E-state index in [-0.39, 0.29) is 25.9 Å². The summed E-state index contributed by atoms with van der Waals surface area (Å²) >= 11 is 0. The zero-order chi connectivity index (χ0) is 27.8. The minimum atomic E-state index is -0.923. The summed E-state index contributed by atoms with van der Waals surface area (Å²) in [6, 6.07) is 4.96. The van der Waals surface area contributed by atoms with Crippen molar-refractivity contribution in [3.05, 3.63) is 42.0 Å². The number of fused-ring (bicyclic) bond motifs is 1. The standard InChI is InChI=1S/C28H38N4O7/c1-3-4-11-31(12-6-13-33)25(34)17-32-16-20(19-14-22(37-2)27-23(15-19)38-18-39-27)26(28(35)36)21(32)7-8-24-29-9-5-10-30-24/h5,9-10,14-15,20-21,26,33H,3-4,6-8,11-13,16-18H2,1-2H3,(H,35,36). The number of benzene rings is 1. The molecule has 2 aliphatic heterocycles. The van der Waals surface area contributed by atoms with Crippen LogP contribution >= 0.6 is 0 Å². The van der Waals surface area contributed by atoms with Crippen molar-refractivity contribution in [1.82, 2.24) is 19.8 Å². The second kappa shape index (κ2) is 13.6. The van der Waals surface area contributed by atoms with Crippen LogP contribution in [0.5, 0.6) is 17.2 Å². The fraction of sp³-hybridized carbons (Fsp3) is 0.571. The number of carbonyl (C=O) groups excluding carboxylic acids is 1. The van der Waals surface area contributed by atoms with E-state index in [9.17, 15) is 19.8 Å². The number of carboxylic acids is 1. The third kappa shape index (κ3) is 6.77. The first-order chi connectivity index (χ1) is 19.0. The number of amides is 1. The first-order valence-electron chi connectivity index (χ1n) is 13.6. The van der Waals surface area contributed by atoms with Crippen molar-refractivity contribution >= 4 is 11.9 Å².